The van der Waals surface area contributed by atoms with Crippen LogP contribution in [0, 0.1) is 5.92 Å². The molecule has 98 valence electrons. The molecular formula is C14H18O4. The molecule has 0 radical (unpaired) electrons. The molecule has 0 bridgehead atoms. The lowest BCUT2D eigenvalue weighted by atomic mass is 9.76. The van der Waals surface area contributed by atoms with Crippen molar-refractivity contribution in [1.29, 1.82) is 0 Å². The first kappa shape index (κ1) is 12.9. The Bertz CT molecular complexity index is 443. The molecule has 0 aromatic heterocycles. The highest BCUT2D eigenvalue weighted by Gasteiger charge is 2.45. The fourth-order valence-electron chi connectivity index (χ4n) is 2.60. The molecular weight excluding hydrogens is 232 g/mol. The second kappa shape index (κ2) is 4.98. The molecule has 1 aromatic rings. The van der Waals surface area contributed by atoms with Gasteiger partial charge in [0.25, 0.3) is 0 Å². The van der Waals surface area contributed by atoms with E-state index < -0.39 is 11.5 Å². The van der Waals surface area contributed by atoms with E-state index in [0.29, 0.717) is 30.8 Å². The fraction of sp³-hybridized carbons (Fsp3) is 0.500. The van der Waals surface area contributed by atoms with Crippen molar-refractivity contribution in [2.45, 2.75) is 25.4 Å². The van der Waals surface area contributed by atoms with Gasteiger partial charge in [0.15, 0.2) is 0 Å². The average Bonchev–Trinajstić information content (AvgIpc) is 2.40. The van der Waals surface area contributed by atoms with Crippen LogP contribution in [0.3, 0.4) is 0 Å². The molecule has 2 atom stereocenters. The minimum Gasteiger partial charge on any atom is -0.493 e. The second-order valence-corrected chi connectivity index (χ2v) is 4.50. The van der Waals surface area contributed by atoms with Crippen molar-refractivity contribution in [2.24, 2.45) is 5.92 Å². The Morgan fingerprint density at radius 2 is 2.28 bits per heavy atom. The molecule has 1 aliphatic rings. The van der Waals surface area contributed by atoms with Crippen LogP contribution in [-0.4, -0.2) is 24.8 Å². The SMILES string of the molecule is CCC(C(=O)OC)C1(O)CCOc2ccccc21. The van der Waals surface area contributed by atoms with Crippen LogP contribution in [0.1, 0.15) is 25.3 Å². The van der Waals surface area contributed by atoms with Crippen LogP contribution in [0.15, 0.2) is 24.3 Å². The number of hydrogen-bond acceptors (Lipinski definition) is 4. The lowest BCUT2D eigenvalue weighted by molar-refractivity contribution is -0.159. The van der Waals surface area contributed by atoms with Crippen LogP contribution < -0.4 is 4.74 Å². The Morgan fingerprint density at radius 3 is 2.94 bits per heavy atom. The molecule has 0 saturated heterocycles. The summed E-state index contributed by atoms with van der Waals surface area (Å²) in [6.07, 6.45) is 0.926. The Hall–Kier alpha value is -1.55. The van der Waals surface area contributed by atoms with Crippen LogP contribution in [-0.2, 0) is 15.1 Å². The Kier molecular flexibility index (Phi) is 3.57. The van der Waals surface area contributed by atoms with E-state index in [9.17, 15) is 9.90 Å². The predicted molar refractivity (Wildman–Crippen MR) is 66.2 cm³/mol. The summed E-state index contributed by atoms with van der Waals surface area (Å²) in [7, 11) is 1.35. The number of benzene rings is 1. The van der Waals surface area contributed by atoms with Gasteiger partial charge in [-0.2, -0.15) is 0 Å². The lowest BCUT2D eigenvalue weighted by Crippen LogP contribution is -2.43. The molecule has 4 nitrogen and oxygen atoms in total. The van der Waals surface area contributed by atoms with Crippen molar-refractivity contribution >= 4 is 5.97 Å². The van der Waals surface area contributed by atoms with Crippen LogP contribution in [0.5, 0.6) is 5.75 Å². The number of ether oxygens (including phenoxy) is 2. The molecule has 1 heterocycles. The van der Waals surface area contributed by atoms with Gasteiger partial charge >= 0.3 is 5.97 Å². The smallest absolute Gasteiger partial charge is 0.311 e. The normalized spacial score (nSPS) is 23.7. The highest BCUT2D eigenvalue weighted by atomic mass is 16.5. The van der Waals surface area contributed by atoms with Gasteiger partial charge in [0.1, 0.15) is 11.4 Å². The first-order chi connectivity index (χ1) is 8.63. The standard InChI is InChI=1S/C14H18O4/c1-3-10(13(15)17-2)14(16)8-9-18-12-7-5-4-6-11(12)14/h4-7,10,16H,3,8-9H2,1-2H3. The zero-order valence-corrected chi connectivity index (χ0v) is 10.7. The van der Waals surface area contributed by atoms with E-state index in [1.54, 1.807) is 6.07 Å². The summed E-state index contributed by atoms with van der Waals surface area (Å²) in [6.45, 7) is 2.28. The second-order valence-electron chi connectivity index (χ2n) is 4.50. The Morgan fingerprint density at radius 1 is 1.56 bits per heavy atom. The third-order valence-corrected chi connectivity index (χ3v) is 3.56. The van der Waals surface area contributed by atoms with Gasteiger partial charge < -0.3 is 14.6 Å². The van der Waals surface area contributed by atoms with E-state index in [-0.39, 0.29) is 5.97 Å². The number of para-hydroxylation sites is 1. The van der Waals surface area contributed by atoms with Crippen LogP contribution in [0.2, 0.25) is 0 Å². The molecule has 0 spiro atoms. The number of rotatable bonds is 3. The maximum absolute atomic E-state index is 11.8. The highest BCUT2D eigenvalue weighted by Crippen LogP contribution is 2.43. The van der Waals surface area contributed by atoms with Crippen molar-refractivity contribution in [3.05, 3.63) is 29.8 Å². The maximum atomic E-state index is 11.8. The molecule has 1 aliphatic heterocycles. The third kappa shape index (κ3) is 1.97. The van der Waals surface area contributed by atoms with Gasteiger partial charge in [-0.15, -0.1) is 0 Å². The van der Waals surface area contributed by atoms with Gasteiger partial charge in [0, 0.05) is 12.0 Å². The fourth-order valence-corrected chi connectivity index (χ4v) is 2.60. The lowest BCUT2D eigenvalue weighted by Gasteiger charge is -2.38. The van der Waals surface area contributed by atoms with Crippen molar-refractivity contribution in [3.8, 4) is 5.75 Å². The molecule has 0 fully saturated rings. The van der Waals surface area contributed by atoms with Crippen molar-refractivity contribution in [2.75, 3.05) is 13.7 Å². The number of hydrogen-bond donors (Lipinski definition) is 1. The summed E-state index contributed by atoms with van der Waals surface area (Å²) in [5.74, 6) is -0.294. The topological polar surface area (TPSA) is 55.8 Å². The van der Waals surface area contributed by atoms with Crippen LogP contribution >= 0.6 is 0 Å². The largest absolute Gasteiger partial charge is 0.493 e. The first-order valence-corrected chi connectivity index (χ1v) is 6.16. The number of methoxy groups -OCH3 is 1. The van der Waals surface area contributed by atoms with E-state index in [2.05, 4.69) is 0 Å². The van der Waals surface area contributed by atoms with E-state index in [1.807, 2.05) is 25.1 Å². The van der Waals surface area contributed by atoms with Gasteiger partial charge in [0.2, 0.25) is 0 Å². The molecule has 18 heavy (non-hydrogen) atoms. The maximum Gasteiger partial charge on any atom is 0.311 e. The quantitative estimate of drug-likeness (QED) is 0.832. The predicted octanol–water partition coefficient (Wildman–Crippen LogP) is 1.86. The monoisotopic (exact) mass is 250 g/mol. The Labute approximate surface area is 107 Å². The number of aliphatic hydroxyl groups is 1. The van der Waals surface area contributed by atoms with Crippen LogP contribution in [0.4, 0.5) is 0 Å². The molecule has 2 unspecified atom stereocenters. The van der Waals surface area contributed by atoms with Gasteiger partial charge in [0.05, 0.1) is 19.6 Å². The first-order valence-electron chi connectivity index (χ1n) is 6.16. The zero-order valence-electron chi connectivity index (χ0n) is 10.7. The summed E-state index contributed by atoms with van der Waals surface area (Å²) in [5, 5.41) is 10.9. The summed E-state index contributed by atoms with van der Waals surface area (Å²) in [5.41, 5.74) is -0.523. The van der Waals surface area contributed by atoms with Crippen molar-refractivity contribution < 1.29 is 19.4 Å². The minimum atomic E-state index is -1.20. The number of esters is 1. The van der Waals surface area contributed by atoms with Crippen LogP contribution in [0.25, 0.3) is 0 Å². The Balaban J connectivity index is 2.45. The van der Waals surface area contributed by atoms with E-state index in [1.165, 1.54) is 7.11 Å². The summed E-state index contributed by atoms with van der Waals surface area (Å²) >= 11 is 0. The zero-order chi connectivity index (χ0) is 13.2. The van der Waals surface area contributed by atoms with Gasteiger partial charge in [-0.3, -0.25) is 4.79 Å². The highest BCUT2D eigenvalue weighted by molar-refractivity contribution is 5.74. The summed E-state index contributed by atoms with van der Waals surface area (Å²) in [6, 6.07) is 7.30. The number of carbonyl (C=O) groups excluding carboxylic acids is 1. The van der Waals surface area contributed by atoms with E-state index in [4.69, 9.17) is 9.47 Å². The summed E-state index contributed by atoms with van der Waals surface area (Å²) in [4.78, 5) is 11.8. The molecule has 2 rings (SSSR count). The molecule has 0 aliphatic carbocycles. The number of carbonyl (C=O) groups is 1. The minimum absolute atomic E-state index is 0.378. The van der Waals surface area contributed by atoms with Crippen molar-refractivity contribution in [3.63, 3.8) is 0 Å². The van der Waals surface area contributed by atoms with Gasteiger partial charge in [-0.25, -0.2) is 0 Å². The van der Waals surface area contributed by atoms with E-state index >= 15 is 0 Å². The molecule has 0 amide bonds. The molecule has 1 N–H and O–H groups in total. The van der Waals surface area contributed by atoms with Gasteiger partial charge in [-0.05, 0) is 12.5 Å². The molecule has 4 heteroatoms. The molecule has 1 aromatic carbocycles. The van der Waals surface area contributed by atoms with Crippen molar-refractivity contribution in [1.82, 2.24) is 0 Å². The average molecular weight is 250 g/mol. The van der Waals surface area contributed by atoms with Gasteiger partial charge in [-0.1, -0.05) is 25.1 Å². The third-order valence-electron chi connectivity index (χ3n) is 3.56. The number of fused-ring (bicyclic) bond motifs is 1. The summed E-state index contributed by atoms with van der Waals surface area (Å²) < 4.78 is 10.3. The molecule has 0 saturated carbocycles. The van der Waals surface area contributed by atoms with E-state index in [0.717, 1.165) is 0 Å².